The van der Waals surface area contributed by atoms with E-state index >= 15 is 0 Å². The van der Waals surface area contributed by atoms with Crippen molar-refractivity contribution >= 4 is 29.1 Å². The number of carbonyl (C=O) groups is 1. The predicted octanol–water partition coefficient (Wildman–Crippen LogP) is 4.08. The summed E-state index contributed by atoms with van der Waals surface area (Å²) in [6.45, 7) is 9.44. The second-order valence-electron chi connectivity index (χ2n) is 13.2. The summed E-state index contributed by atoms with van der Waals surface area (Å²) in [4.78, 5) is 24.8. The van der Waals surface area contributed by atoms with Crippen LogP contribution in [0.2, 0.25) is 0 Å². The van der Waals surface area contributed by atoms with Crippen LogP contribution >= 0.6 is 11.8 Å². The van der Waals surface area contributed by atoms with Crippen LogP contribution in [0.15, 0.2) is 9.98 Å². The molecule has 7 nitrogen and oxygen atoms in total. The number of hydrogen-bond acceptors (Lipinski definition) is 7. The van der Waals surface area contributed by atoms with E-state index in [1.54, 1.807) is 0 Å². The lowest BCUT2D eigenvalue weighted by molar-refractivity contribution is -0.126. The number of rotatable bonds is 8. The first-order valence-electron chi connectivity index (χ1n) is 14.8. The molecular formula is C29H52N6OS. The van der Waals surface area contributed by atoms with Crippen LogP contribution < -0.4 is 16.0 Å². The Balaban J connectivity index is 1.21. The molecular weight excluding hydrogens is 480 g/mol. The van der Waals surface area contributed by atoms with Gasteiger partial charge < -0.3 is 20.9 Å². The Labute approximate surface area is 229 Å². The Kier molecular flexibility index (Phi) is 10.4. The number of carbonyl (C=O) groups excluding carboxylic acids is 1. The molecule has 210 valence electrons. The first kappa shape index (κ1) is 28.9. The van der Waals surface area contributed by atoms with Gasteiger partial charge in [0.25, 0.3) is 0 Å². The van der Waals surface area contributed by atoms with E-state index in [0.29, 0.717) is 35.3 Å². The highest BCUT2D eigenvalue weighted by Gasteiger charge is 2.35. The van der Waals surface area contributed by atoms with Gasteiger partial charge in [-0.1, -0.05) is 27.2 Å². The van der Waals surface area contributed by atoms with Crippen molar-refractivity contribution in [3.63, 3.8) is 0 Å². The van der Waals surface area contributed by atoms with Gasteiger partial charge in [0.2, 0.25) is 5.91 Å². The van der Waals surface area contributed by atoms with E-state index < -0.39 is 0 Å². The maximum atomic E-state index is 13.0. The molecule has 4 aliphatic rings. The van der Waals surface area contributed by atoms with Crippen LogP contribution in [0.1, 0.15) is 85.0 Å². The van der Waals surface area contributed by atoms with Gasteiger partial charge in [0.1, 0.15) is 0 Å². The molecule has 0 spiro atoms. The highest BCUT2D eigenvalue weighted by Crippen LogP contribution is 2.35. The lowest BCUT2D eigenvalue weighted by Gasteiger charge is -2.36. The van der Waals surface area contributed by atoms with Crippen LogP contribution in [-0.2, 0) is 4.79 Å². The number of amides is 1. The number of nitrogens with zero attached hydrogens (tertiary/aromatic N) is 3. The van der Waals surface area contributed by atoms with Crippen molar-refractivity contribution < 1.29 is 4.79 Å². The topological polar surface area (TPSA) is 81.1 Å². The monoisotopic (exact) mass is 532 g/mol. The SMILES string of the molecule is CC1CCC(NC2CCCC(C(=O)NCC(C)(C)CN(C)C)C2)=NCCC1NC1CCC2N=CSC2C1. The average molecular weight is 533 g/mol. The van der Waals surface area contributed by atoms with Gasteiger partial charge in [-0.05, 0) is 76.8 Å². The number of nitrogens with one attached hydrogen (secondary N) is 3. The van der Waals surface area contributed by atoms with Gasteiger partial charge in [-0.2, -0.15) is 0 Å². The van der Waals surface area contributed by atoms with Crippen molar-refractivity contribution in [3.05, 3.63) is 0 Å². The summed E-state index contributed by atoms with van der Waals surface area (Å²) < 4.78 is 0. The van der Waals surface area contributed by atoms with E-state index in [-0.39, 0.29) is 17.2 Å². The van der Waals surface area contributed by atoms with Crippen molar-refractivity contribution in [2.24, 2.45) is 27.2 Å². The highest BCUT2D eigenvalue weighted by molar-refractivity contribution is 8.12. The molecule has 0 radical (unpaired) electrons. The molecule has 7 atom stereocenters. The zero-order chi connectivity index (χ0) is 26.4. The van der Waals surface area contributed by atoms with Crippen LogP contribution in [0.5, 0.6) is 0 Å². The van der Waals surface area contributed by atoms with Crippen molar-refractivity contribution in [2.75, 3.05) is 33.7 Å². The maximum absolute atomic E-state index is 13.0. The summed E-state index contributed by atoms with van der Waals surface area (Å²) in [5, 5.41) is 11.8. The lowest BCUT2D eigenvalue weighted by atomic mass is 9.84. The molecule has 0 saturated heterocycles. The summed E-state index contributed by atoms with van der Waals surface area (Å²) in [7, 11) is 4.18. The van der Waals surface area contributed by atoms with Crippen molar-refractivity contribution in [1.82, 2.24) is 20.9 Å². The quantitative estimate of drug-likeness (QED) is 0.439. The van der Waals surface area contributed by atoms with Crippen molar-refractivity contribution in [3.8, 4) is 0 Å². The van der Waals surface area contributed by atoms with Crippen molar-refractivity contribution in [2.45, 2.75) is 114 Å². The summed E-state index contributed by atoms with van der Waals surface area (Å²) in [6.07, 6.45) is 11.2. The van der Waals surface area contributed by atoms with Crippen molar-refractivity contribution in [1.29, 1.82) is 0 Å². The third-order valence-corrected chi connectivity index (χ3v) is 9.96. The second kappa shape index (κ2) is 13.3. The Bertz CT molecular complexity index is 814. The van der Waals surface area contributed by atoms with E-state index in [0.717, 1.165) is 64.6 Å². The Morgan fingerprint density at radius 2 is 1.95 bits per heavy atom. The minimum atomic E-state index is 0.0752. The minimum Gasteiger partial charge on any atom is -0.371 e. The molecule has 0 bridgehead atoms. The zero-order valence-electron chi connectivity index (χ0n) is 24.0. The van der Waals surface area contributed by atoms with Crippen LogP contribution in [0.3, 0.4) is 0 Å². The molecule has 7 unspecified atom stereocenters. The van der Waals surface area contributed by atoms with Gasteiger partial charge in [-0.25, -0.2) is 0 Å². The first-order valence-corrected chi connectivity index (χ1v) is 15.8. The lowest BCUT2D eigenvalue weighted by Crippen LogP contribution is -2.48. The van der Waals surface area contributed by atoms with E-state index in [9.17, 15) is 4.79 Å². The predicted molar refractivity (Wildman–Crippen MR) is 158 cm³/mol. The van der Waals surface area contributed by atoms with E-state index in [2.05, 4.69) is 66.3 Å². The number of fused-ring (bicyclic) bond motifs is 1. The molecule has 37 heavy (non-hydrogen) atoms. The molecule has 2 saturated carbocycles. The number of hydrogen-bond donors (Lipinski definition) is 3. The molecule has 2 aliphatic heterocycles. The molecule has 2 fully saturated rings. The van der Waals surface area contributed by atoms with Gasteiger partial charge in [0.15, 0.2) is 0 Å². The fourth-order valence-corrected chi connectivity index (χ4v) is 8.00. The van der Waals surface area contributed by atoms with Gasteiger partial charge in [0.05, 0.1) is 17.4 Å². The van der Waals surface area contributed by atoms with Crippen LogP contribution in [0.4, 0.5) is 0 Å². The fourth-order valence-electron chi connectivity index (χ4n) is 6.89. The zero-order valence-corrected chi connectivity index (χ0v) is 24.8. The van der Waals surface area contributed by atoms with Crippen LogP contribution in [0, 0.1) is 17.3 Å². The maximum Gasteiger partial charge on any atom is 0.223 e. The van der Waals surface area contributed by atoms with E-state index in [4.69, 9.17) is 4.99 Å². The van der Waals surface area contributed by atoms with E-state index in [1.807, 2.05) is 11.8 Å². The first-order chi connectivity index (χ1) is 17.7. The Morgan fingerprint density at radius 1 is 1.11 bits per heavy atom. The van der Waals surface area contributed by atoms with E-state index in [1.165, 1.54) is 25.1 Å². The smallest absolute Gasteiger partial charge is 0.223 e. The molecule has 4 rings (SSSR count). The Hall–Kier alpha value is -1.12. The third-order valence-electron chi connectivity index (χ3n) is 8.86. The molecule has 2 heterocycles. The highest BCUT2D eigenvalue weighted by atomic mass is 32.2. The van der Waals surface area contributed by atoms with Crippen LogP contribution in [-0.4, -0.2) is 85.3 Å². The van der Waals surface area contributed by atoms with Crippen LogP contribution in [0.25, 0.3) is 0 Å². The third kappa shape index (κ3) is 8.69. The van der Waals surface area contributed by atoms with Gasteiger partial charge >= 0.3 is 0 Å². The number of amidine groups is 1. The largest absolute Gasteiger partial charge is 0.371 e. The Morgan fingerprint density at radius 3 is 2.76 bits per heavy atom. The molecule has 2 aliphatic carbocycles. The molecule has 3 N–H and O–H groups in total. The molecule has 1 amide bonds. The normalized spacial score (nSPS) is 34.9. The summed E-state index contributed by atoms with van der Waals surface area (Å²) in [6, 6.07) is 2.11. The summed E-state index contributed by atoms with van der Waals surface area (Å²) >= 11 is 1.94. The summed E-state index contributed by atoms with van der Waals surface area (Å²) in [5.41, 5.74) is 2.15. The van der Waals surface area contributed by atoms with Gasteiger partial charge in [0, 0.05) is 55.3 Å². The molecule has 0 aromatic carbocycles. The number of aliphatic imine (C=N–C) groups is 2. The molecule has 0 aromatic heterocycles. The number of thioether (sulfide) groups is 1. The summed E-state index contributed by atoms with van der Waals surface area (Å²) in [5.74, 6) is 2.16. The second-order valence-corrected chi connectivity index (χ2v) is 14.3. The van der Waals surface area contributed by atoms with Gasteiger partial charge in [-0.3, -0.25) is 14.8 Å². The minimum absolute atomic E-state index is 0.0752. The molecule has 0 aromatic rings. The fraction of sp³-hybridized carbons (Fsp3) is 0.897. The average Bonchev–Trinajstić information content (AvgIpc) is 3.31. The standard InChI is InChI=1S/C29H52N6OS/c1-20-9-12-27(30-14-13-24(20)33-23-10-11-25-26(16-23)37-19-32-25)34-22-8-6-7-21(15-22)28(36)31-17-29(2,3)18-35(4)5/h19-26,33H,6-18H2,1-5H3,(H,30,34)(H,31,36). The van der Waals surface area contributed by atoms with Gasteiger partial charge in [-0.15, -0.1) is 11.8 Å². The molecule has 8 heteroatoms.